The van der Waals surface area contributed by atoms with Crippen molar-refractivity contribution in [2.75, 3.05) is 23.3 Å². The smallest absolute Gasteiger partial charge is 0.281 e. The minimum absolute atomic E-state index is 0.00397. The van der Waals surface area contributed by atoms with Gasteiger partial charge in [0.25, 0.3) is 5.56 Å². The highest BCUT2D eigenvalue weighted by molar-refractivity contribution is 5.82. The van der Waals surface area contributed by atoms with E-state index in [9.17, 15) is 9.59 Å². The molecular weight excluding hydrogens is 514 g/mol. The lowest BCUT2D eigenvalue weighted by molar-refractivity contribution is -0.124. The number of hydrogen-bond acceptors (Lipinski definition) is 7. The van der Waals surface area contributed by atoms with Gasteiger partial charge in [-0.05, 0) is 36.8 Å². The lowest BCUT2D eigenvalue weighted by Gasteiger charge is -2.31. The van der Waals surface area contributed by atoms with Crippen molar-refractivity contribution >= 4 is 28.8 Å². The van der Waals surface area contributed by atoms with Crippen molar-refractivity contribution in [1.82, 2.24) is 19.1 Å². The maximum Gasteiger partial charge on any atom is 0.281 e. The Balaban J connectivity index is 1.46. The Morgan fingerprint density at radius 2 is 1.59 bits per heavy atom. The van der Waals surface area contributed by atoms with Gasteiger partial charge >= 0.3 is 0 Å². The quantitative estimate of drug-likeness (QED) is 0.317. The van der Waals surface area contributed by atoms with E-state index in [1.54, 1.807) is 0 Å². The Kier molecular flexibility index (Phi) is 8.14. The first-order valence-corrected chi connectivity index (χ1v) is 14.9. The van der Waals surface area contributed by atoms with Gasteiger partial charge in [0.1, 0.15) is 0 Å². The molecular formula is C32H39N7O2. The molecule has 41 heavy (non-hydrogen) atoms. The Morgan fingerprint density at radius 3 is 2.29 bits per heavy atom. The molecule has 1 saturated heterocycles. The zero-order chi connectivity index (χ0) is 28.2. The molecule has 6 rings (SSSR count). The molecule has 0 spiro atoms. The summed E-state index contributed by atoms with van der Waals surface area (Å²) in [6, 6.07) is 20.1. The fraction of sp³-hybridized carbons (Fsp3) is 0.438. The predicted molar refractivity (Wildman–Crippen MR) is 162 cm³/mol. The number of nitrogens with two attached hydrogens (primary N) is 1. The van der Waals surface area contributed by atoms with Crippen LogP contribution in [0, 0.1) is 5.92 Å². The van der Waals surface area contributed by atoms with Crippen LogP contribution in [0.3, 0.4) is 0 Å². The van der Waals surface area contributed by atoms with E-state index >= 15 is 0 Å². The van der Waals surface area contributed by atoms with Crippen molar-refractivity contribution in [2.24, 2.45) is 11.7 Å². The van der Waals surface area contributed by atoms with Gasteiger partial charge in [-0.15, -0.1) is 0 Å². The van der Waals surface area contributed by atoms with Crippen LogP contribution in [0.2, 0.25) is 0 Å². The highest BCUT2D eigenvalue weighted by Crippen LogP contribution is 2.27. The Hall–Kier alpha value is -3.98. The van der Waals surface area contributed by atoms with E-state index in [-0.39, 0.29) is 29.8 Å². The third-order valence-corrected chi connectivity index (χ3v) is 8.44. The first kappa shape index (κ1) is 27.2. The average Bonchev–Trinajstić information content (AvgIpc) is 3.37. The summed E-state index contributed by atoms with van der Waals surface area (Å²) in [5.74, 6) is 1.18. The van der Waals surface area contributed by atoms with E-state index in [1.165, 1.54) is 11.0 Å². The molecule has 1 saturated carbocycles. The van der Waals surface area contributed by atoms with Crippen LogP contribution in [0.5, 0.6) is 0 Å². The second kappa shape index (κ2) is 12.3. The third kappa shape index (κ3) is 6.05. The number of carbonyl (C=O) groups is 1. The molecule has 9 heteroatoms. The summed E-state index contributed by atoms with van der Waals surface area (Å²) >= 11 is 0. The number of nitrogens with one attached hydrogen (secondary N) is 1. The molecule has 9 nitrogen and oxygen atoms in total. The first-order chi connectivity index (χ1) is 20.1. The molecule has 0 bridgehead atoms. The number of piperidine rings is 1. The maximum atomic E-state index is 14.4. The molecule has 4 aromatic rings. The summed E-state index contributed by atoms with van der Waals surface area (Å²) in [5.41, 5.74) is 9.03. The molecule has 0 amide bonds. The topological polar surface area (TPSA) is 111 Å². The summed E-state index contributed by atoms with van der Waals surface area (Å²) in [5, 5.41) is 3.35. The number of anilines is 2. The summed E-state index contributed by atoms with van der Waals surface area (Å²) in [4.78, 5) is 39.9. The van der Waals surface area contributed by atoms with Gasteiger partial charge in [0, 0.05) is 31.6 Å². The molecule has 0 radical (unpaired) electrons. The second-order valence-electron chi connectivity index (χ2n) is 11.5. The van der Waals surface area contributed by atoms with Crippen LogP contribution in [0.15, 0.2) is 65.5 Å². The minimum Gasteiger partial charge on any atom is -0.351 e. The van der Waals surface area contributed by atoms with Gasteiger partial charge in [-0.25, -0.2) is 0 Å². The molecule has 2 aliphatic rings. The second-order valence-corrected chi connectivity index (χ2v) is 11.5. The van der Waals surface area contributed by atoms with Crippen LogP contribution < -0.4 is 21.5 Å². The molecule has 3 N–H and O–H groups in total. The molecule has 2 aromatic heterocycles. The maximum absolute atomic E-state index is 14.4. The van der Waals surface area contributed by atoms with Crippen molar-refractivity contribution in [3.05, 3.63) is 82.1 Å². The summed E-state index contributed by atoms with van der Waals surface area (Å²) in [7, 11) is 0. The fourth-order valence-electron chi connectivity index (χ4n) is 6.22. The minimum atomic E-state index is -0.245. The van der Waals surface area contributed by atoms with Gasteiger partial charge < -0.3 is 16.0 Å². The highest BCUT2D eigenvalue weighted by atomic mass is 16.1. The SMILES string of the molecule is NC1CCCN(c2nc3nc(NCc4ccccc4)n(CC(=O)C4CCCCC4)c(=O)c3n2Cc2ccccc2)C1. The van der Waals surface area contributed by atoms with Gasteiger partial charge in [-0.3, -0.25) is 18.7 Å². The normalized spacial score (nSPS) is 18.1. The van der Waals surface area contributed by atoms with Gasteiger partial charge in [-0.2, -0.15) is 9.97 Å². The number of carbonyl (C=O) groups excluding carboxylic acids is 1. The van der Waals surface area contributed by atoms with E-state index < -0.39 is 0 Å². The zero-order valence-corrected chi connectivity index (χ0v) is 23.5. The van der Waals surface area contributed by atoms with E-state index in [2.05, 4.69) is 10.2 Å². The van der Waals surface area contributed by atoms with Crippen molar-refractivity contribution < 1.29 is 4.79 Å². The van der Waals surface area contributed by atoms with E-state index in [4.69, 9.17) is 15.7 Å². The highest BCUT2D eigenvalue weighted by Gasteiger charge is 2.28. The number of Topliss-reactive ketones (excluding diaryl/α,β-unsaturated/α-hetero) is 1. The monoisotopic (exact) mass is 553 g/mol. The van der Waals surface area contributed by atoms with Crippen LogP contribution in [0.25, 0.3) is 11.2 Å². The fourth-order valence-corrected chi connectivity index (χ4v) is 6.22. The Morgan fingerprint density at radius 1 is 0.878 bits per heavy atom. The van der Waals surface area contributed by atoms with E-state index in [1.807, 2.05) is 65.2 Å². The average molecular weight is 554 g/mol. The lowest BCUT2D eigenvalue weighted by atomic mass is 9.86. The largest absolute Gasteiger partial charge is 0.351 e. The number of fused-ring (bicyclic) bond motifs is 1. The molecule has 1 unspecified atom stereocenters. The Labute approximate surface area is 240 Å². The number of benzene rings is 2. The molecule has 2 aromatic carbocycles. The van der Waals surface area contributed by atoms with Gasteiger partial charge in [-0.1, -0.05) is 79.9 Å². The molecule has 1 atom stereocenters. The number of rotatable bonds is 9. The van der Waals surface area contributed by atoms with Crippen LogP contribution in [-0.4, -0.2) is 44.0 Å². The molecule has 3 heterocycles. The number of hydrogen-bond donors (Lipinski definition) is 2. The summed E-state index contributed by atoms with van der Waals surface area (Å²) < 4.78 is 3.51. The van der Waals surface area contributed by atoms with E-state index in [0.29, 0.717) is 42.7 Å². The molecule has 1 aliphatic carbocycles. The molecule has 214 valence electrons. The van der Waals surface area contributed by atoms with Crippen molar-refractivity contribution in [2.45, 2.75) is 70.6 Å². The van der Waals surface area contributed by atoms with Gasteiger partial charge in [0.05, 0.1) is 13.1 Å². The van der Waals surface area contributed by atoms with Crippen LogP contribution in [0.4, 0.5) is 11.9 Å². The number of ketones is 1. The number of nitrogens with zero attached hydrogens (tertiary/aromatic N) is 5. The molecule has 2 fully saturated rings. The van der Waals surface area contributed by atoms with Crippen LogP contribution >= 0.6 is 0 Å². The Bertz CT molecular complexity index is 1540. The summed E-state index contributed by atoms with van der Waals surface area (Å²) in [6.07, 6.45) is 7.01. The van der Waals surface area contributed by atoms with Gasteiger partial charge in [0.2, 0.25) is 11.9 Å². The first-order valence-electron chi connectivity index (χ1n) is 14.9. The number of aromatic nitrogens is 4. The summed E-state index contributed by atoms with van der Waals surface area (Å²) in [6.45, 7) is 2.45. The van der Waals surface area contributed by atoms with Gasteiger partial charge in [0.15, 0.2) is 16.9 Å². The van der Waals surface area contributed by atoms with Crippen molar-refractivity contribution in [3.8, 4) is 0 Å². The third-order valence-electron chi connectivity index (χ3n) is 8.44. The standard InChI is InChI=1S/C32H39N7O2/c33-26-17-10-18-37(21-26)32-36-29-28(38(32)20-24-13-6-2-7-14-24)30(41)39(22-27(40)25-15-8-3-9-16-25)31(35-29)34-19-23-11-4-1-5-12-23/h1-2,4-7,11-14,25-26H,3,8-10,15-22,33H2,(H,34,35). The van der Waals surface area contributed by atoms with E-state index in [0.717, 1.165) is 56.2 Å². The lowest BCUT2D eigenvalue weighted by Crippen LogP contribution is -2.44. The van der Waals surface area contributed by atoms with Crippen LogP contribution in [0.1, 0.15) is 56.1 Å². The van der Waals surface area contributed by atoms with Crippen molar-refractivity contribution in [3.63, 3.8) is 0 Å². The predicted octanol–water partition coefficient (Wildman–Crippen LogP) is 4.33. The number of imidazole rings is 1. The van der Waals surface area contributed by atoms with Crippen molar-refractivity contribution in [1.29, 1.82) is 0 Å². The zero-order valence-electron chi connectivity index (χ0n) is 23.5. The van der Waals surface area contributed by atoms with Crippen LogP contribution in [-0.2, 0) is 24.4 Å². The molecule has 1 aliphatic heterocycles.